The first-order valence-electron chi connectivity index (χ1n) is 3.67. The van der Waals surface area contributed by atoms with Crippen molar-refractivity contribution < 1.29 is 14.3 Å². The number of hydrogen-bond donors (Lipinski definition) is 0. The van der Waals surface area contributed by atoms with Crippen LogP contribution in [-0.2, 0) is 0 Å². The number of methoxy groups -OCH3 is 2. The number of carbonyl (C=O) groups is 1. The van der Waals surface area contributed by atoms with Crippen LogP contribution in [0, 0.1) is 0 Å². The molecule has 0 atom stereocenters. The Hall–Kier alpha value is -1.71. The minimum atomic E-state index is -0.735. The normalized spacial score (nSPS) is 9.38. The molecule has 0 bridgehead atoms. The largest absolute Gasteiger partial charge is 0.493 e. The SMILES string of the molecule is COc1ccc(C([NH])=O)cc1OC. The third-order valence-corrected chi connectivity index (χ3v) is 1.65. The molecule has 1 aromatic carbocycles. The fraction of sp³-hybridized carbons (Fsp3) is 0.222. The van der Waals surface area contributed by atoms with E-state index in [0.29, 0.717) is 11.5 Å². The van der Waals surface area contributed by atoms with E-state index in [4.69, 9.17) is 15.2 Å². The van der Waals surface area contributed by atoms with Gasteiger partial charge < -0.3 is 9.47 Å². The van der Waals surface area contributed by atoms with Crippen LogP contribution in [0.3, 0.4) is 0 Å². The lowest BCUT2D eigenvalue weighted by atomic mass is 10.2. The topological polar surface area (TPSA) is 59.3 Å². The predicted molar refractivity (Wildman–Crippen MR) is 47.0 cm³/mol. The molecule has 4 heteroatoms. The zero-order valence-corrected chi connectivity index (χ0v) is 7.46. The van der Waals surface area contributed by atoms with Crippen LogP contribution in [0.5, 0.6) is 11.5 Å². The molecule has 0 aliphatic rings. The van der Waals surface area contributed by atoms with E-state index in [9.17, 15) is 4.79 Å². The molecule has 0 aliphatic carbocycles. The highest BCUT2D eigenvalue weighted by Crippen LogP contribution is 2.27. The fourth-order valence-corrected chi connectivity index (χ4v) is 0.977. The van der Waals surface area contributed by atoms with Crippen molar-refractivity contribution >= 4 is 5.91 Å². The first kappa shape index (κ1) is 9.38. The Kier molecular flexibility index (Phi) is 2.74. The number of carbonyl (C=O) groups excluding carboxylic acids is 1. The monoisotopic (exact) mass is 180 g/mol. The maximum absolute atomic E-state index is 10.7. The number of nitrogens with one attached hydrogen (secondary N) is 1. The Balaban J connectivity index is 3.13. The lowest BCUT2D eigenvalue weighted by Gasteiger charge is -2.07. The summed E-state index contributed by atoms with van der Waals surface area (Å²) in [5.74, 6) is 0.272. The molecule has 0 fully saturated rings. The number of rotatable bonds is 3. The Morgan fingerprint density at radius 1 is 1.23 bits per heavy atom. The van der Waals surface area contributed by atoms with Gasteiger partial charge in [-0.05, 0) is 18.2 Å². The predicted octanol–water partition coefficient (Wildman–Crippen LogP) is 1.13. The summed E-state index contributed by atoms with van der Waals surface area (Å²) in [6, 6.07) is 4.60. The Morgan fingerprint density at radius 2 is 1.85 bits per heavy atom. The molecular weight excluding hydrogens is 170 g/mol. The Labute approximate surface area is 76.3 Å². The maximum atomic E-state index is 10.7. The fourth-order valence-electron chi connectivity index (χ4n) is 0.977. The molecule has 0 saturated carbocycles. The van der Waals surface area contributed by atoms with Gasteiger partial charge in [0.25, 0.3) is 5.91 Å². The number of hydrogen-bond acceptors (Lipinski definition) is 3. The van der Waals surface area contributed by atoms with Crippen molar-refractivity contribution in [2.45, 2.75) is 0 Å². The molecule has 1 rings (SSSR count). The Morgan fingerprint density at radius 3 is 2.31 bits per heavy atom. The first-order valence-corrected chi connectivity index (χ1v) is 3.67. The third kappa shape index (κ3) is 1.90. The molecule has 0 spiro atoms. The van der Waals surface area contributed by atoms with Gasteiger partial charge in [-0.25, -0.2) is 0 Å². The van der Waals surface area contributed by atoms with Crippen LogP contribution in [0.2, 0.25) is 0 Å². The van der Waals surface area contributed by atoms with E-state index in [2.05, 4.69) is 0 Å². The van der Waals surface area contributed by atoms with Gasteiger partial charge >= 0.3 is 0 Å². The minimum absolute atomic E-state index is 0.289. The molecule has 1 radical (unpaired) electrons. The van der Waals surface area contributed by atoms with Gasteiger partial charge in [0.05, 0.1) is 14.2 Å². The molecule has 0 heterocycles. The van der Waals surface area contributed by atoms with Gasteiger partial charge in [0, 0.05) is 5.56 Å². The highest BCUT2D eigenvalue weighted by molar-refractivity contribution is 5.92. The lowest BCUT2D eigenvalue weighted by molar-refractivity contribution is 0.0991. The van der Waals surface area contributed by atoms with Crippen LogP contribution >= 0.6 is 0 Å². The van der Waals surface area contributed by atoms with Crippen molar-refractivity contribution in [1.82, 2.24) is 5.73 Å². The van der Waals surface area contributed by atoms with Gasteiger partial charge in [-0.3, -0.25) is 10.5 Å². The van der Waals surface area contributed by atoms with E-state index in [1.807, 2.05) is 0 Å². The van der Waals surface area contributed by atoms with E-state index >= 15 is 0 Å². The lowest BCUT2D eigenvalue weighted by Crippen LogP contribution is -2.00. The molecule has 4 nitrogen and oxygen atoms in total. The van der Waals surface area contributed by atoms with Crippen molar-refractivity contribution in [2.24, 2.45) is 0 Å². The van der Waals surface area contributed by atoms with Crippen molar-refractivity contribution in [2.75, 3.05) is 14.2 Å². The third-order valence-electron chi connectivity index (χ3n) is 1.65. The van der Waals surface area contributed by atoms with Crippen LogP contribution in [-0.4, -0.2) is 20.1 Å². The zero-order valence-electron chi connectivity index (χ0n) is 7.46. The highest BCUT2D eigenvalue weighted by Gasteiger charge is 2.07. The number of benzene rings is 1. The smallest absolute Gasteiger partial charge is 0.269 e. The zero-order chi connectivity index (χ0) is 9.84. The van der Waals surface area contributed by atoms with Gasteiger partial charge in [0.2, 0.25) is 0 Å². The molecule has 0 unspecified atom stereocenters. The molecule has 13 heavy (non-hydrogen) atoms. The summed E-state index contributed by atoms with van der Waals surface area (Å²) in [4.78, 5) is 10.7. The second-order valence-corrected chi connectivity index (χ2v) is 2.40. The maximum Gasteiger partial charge on any atom is 0.269 e. The standard InChI is InChI=1S/C9H10NO3/c1-12-7-4-3-6(9(10)11)5-8(7)13-2/h3-5,10H,1-2H3. The number of amides is 1. The second kappa shape index (κ2) is 3.80. The summed E-state index contributed by atoms with van der Waals surface area (Å²) >= 11 is 0. The van der Waals surface area contributed by atoms with Crippen LogP contribution in [0.25, 0.3) is 0 Å². The van der Waals surface area contributed by atoms with E-state index in [1.54, 1.807) is 6.07 Å². The van der Waals surface area contributed by atoms with E-state index in [0.717, 1.165) is 0 Å². The molecule has 0 saturated heterocycles. The summed E-state index contributed by atoms with van der Waals surface area (Å²) in [5.41, 5.74) is 7.17. The van der Waals surface area contributed by atoms with Gasteiger partial charge in [-0.15, -0.1) is 0 Å². The average Bonchev–Trinajstić information content (AvgIpc) is 2.16. The van der Waals surface area contributed by atoms with Crippen molar-refractivity contribution in [3.63, 3.8) is 0 Å². The van der Waals surface area contributed by atoms with E-state index in [-0.39, 0.29) is 5.56 Å². The van der Waals surface area contributed by atoms with Crippen molar-refractivity contribution in [3.8, 4) is 11.5 Å². The van der Waals surface area contributed by atoms with Gasteiger partial charge in [0.15, 0.2) is 11.5 Å². The molecule has 69 valence electrons. The van der Waals surface area contributed by atoms with E-state index < -0.39 is 5.91 Å². The van der Waals surface area contributed by atoms with Gasteiger partial charge in [-0.1, -0.05) is 0 Å². The van der Waals surface area contributed by atoms with Crippen LogP contribution < -0.4 is 15.2 Å². The quantitative estimate of drug-likeness (QED) is 0.700. The molecule has 0 aliphatic heterocycles. The van der Waals surface area contributed by atoms with Crippen LogP contribution in [0.1, 0.15) is 10.4 Å². The van der Waals surface area contributed by atoms with Gasteiger partial charge in [0.1, 0.15) is 0 Å². The van der Waals surface area contributed by atoms with Crippen molar-refractivity contribution in [1.29, 1.82) is 0 Å². The summed E-state index contributed by atoms with van der Waals surface area (Å²) in [7, 11) is 3.00. The Bertz CT molecular complexity index is 323. The molecular formula is C9H10NO3. The summed E-state index contributed by atoms with van der Waals surface area (Å²) in [6.07, 6.45) is 0. The van der Waals surface area contributed by atoms with E-state index in [1.165, 1.54) is 26.4 Å². The van der Waals surface area contributed by atoms with Gasteiger partial charge in [-0.2, -0.15) is 0 Å². The van der Waals surface area contributed by atoms with Crippen LogP contribution in [0.4, 0.5) is 0 Å². The highest BCUT2D eigenvalue weighted by atomic mass is 16.5. The summed E-state index contributed by atoms with van der Waals surface area (Å²) < 4.78 is 9.94. The van der Waals surface area contributed by atoms with Crippen molar-refractivity contribution in [3.05, 3.63) is 23.8 Å². The molecule has 0 aromatic heterocycles. The minimum Gasteiger partial charge on any atom is -0.493 e. The molecule has 1 aromatic rings. The summed E-state index contributed by atoms with van der Waals surface area (Å²) in [6.45, 7) is 0. The first-order chi connectivity index (χ1) is 6.19. The average molecular weight is 180 g/mol. The molecule has 1 amide bonds. The second-order valence-electron chi connectivity index (χ2n) is 2.40. The van der Waals surface area contributed by atoms with Crippen LogP contribution in [0.15, 0.2) is 18.2 Å². The summed E-state index contributed by atoms with van der Waals surface area (Å²) in [5, 5.41) is 0. The number of ether oxygens (including phenoxy) is 2. The molecule has 1 N–H and O–H groups in total.